The average molecular weight is 309 g/mol. The fourth-order valence-electron chi connectivity index (χ4n) is 2.49. The minimum atomic E-state index is 0.666. The summed E-state index contributed by atoms with van der Waals surface area (Å²) in [7, 11) is 0. The largest absolute Gasteiger partial charge is 0.490 e. The smallest absolute Gasteiger partial charge is 0.162 e. The van der Waals surface area contributed by atoms with Gasteiger partial charge in [-0.15, -0.1) is 11.8 Å². The summed E-state index contributed by atoms with van der Waals surface area (Å²) in [6.45, 7) is 7.00. The first kappa shape index (κ1) is 16.5. The van der Waals surface area contributed by atoms with Crippen molar-refractivity contribution in [2.24, 2.45) is 0 Å². The van der Waals surface area contributed by atoms with Crippen LogP contribution in [0.2, 0.25) is 0 Å². The minimum Gasteiger partial charge on any atom is -0.490 e. The number of hydrogen-bond donors (Lipinski definition) is 1. The van der Waals surface area contributed by atoms with Gasteiger partial charge in [0.25, 0.3) is 0 Å². The maximum absolute atomic E-state index is 5.73. The molecule has 1 aliphatic rings. The standard InChI is InChI=1S/C17H27NO2S/c1-3-14(18-4-2)7-5-12-21-15-8-9-16-17(13-15)20-11-6-10-19-16/h8-9,13-14,18H,3-7,10-12H2,1-2H3. The monoisotopic (exact) mass is 309 g/mol. The second-order valence-electron chi connectivity index (χ2n) is 5.31. The molecular weight excluding hydrogens is 282 g/mol. The van der Waals surface area contributed by atoms with Crippen molar-refractivity contribution in [1.29, 1.82) is 0 Å². The van der Waals surface area contributed by atoms with Crippen molar-refractivity contribution in [1.82, 2.24) is 5.32 Å². The normalized spacial score (nSPS) is 15.5. The molecule has 0 aliphatic carbocycles. The van der Waals surface area contributed by atoms with E-state index in [0.717, 1.165) is 43.4 Å². The zero-order valence-electron chi connectivity index (χ0n) is 13.2. The highest BCUT2D eigenvalue weighted by Gasteiger charge is 2.11. The van der Waals surface area contributed by atoms with Crippen LogP contribution >= 0.6 is 11.8 Å². The van der Waals surface area contributed by atoms with Gasteiger partial charge >= 0.3 is 0 Å². The number of benzene rings is 1. The van der Waals surface area contributed by atoms with Crippen molar-refractivity contribution in [3.8, 4) is 11.5 Å². The first-order valence-electron chi connectivity index (χ1n) is 8.09. The molecular formula is C17H27NO2S. The maximum Gasteiger partial charge on any atom is 0.162 e. The molecule has 1 aromatic carbocycles. The van der Waals surface area contributed by atoms with Crippen LogP contribution in [0, 0.1) is 0 Å². The molecule has 0 radical (unpaired) electrons. The Kier molecular flexibility index (Phi) is 7.24. The van der Waals surface area contributed by atoms with Crippen molar-refractivity contribution in [2.45, 2.75) is 50.5 Å². The molecule has 2 rings (SSSR count). The Labute approximate surface area is 132 Å². The zero-order chi connectivity index (χ0) is 14.9. The highest BCUT2D eigenvalue weighted by Crippen LogP contribution is 2.34. The van der Waals surface area contributed by atoms with Crippen LogP contribution in [-0.2, 0) is 0 Å². The van der Waals surface area contributed by atoms with Crippen molar-refractivity contribution in [3.63, 3.8) is 0 Å². The molecule has 0 aromatic heterocycles. The van der Waals surface area contributed by atoms with E-state index in [-0.39, 0.29) is 0 Å². The van der Waals surface area contributed by atoms with E-state index in [2.05, 4.69) is 31.3 Å². The molecule has 0 spiro atoms. The Morgan fingerprint density at radius 3 is 2.76 bits per heavy atom. The average Bonchev–Trinajstić information content (AvgIpc) is 2.75. The molecule has 1 unspecified atom stereocenters. The topological polar surface area (TPSA) is 30.5 Å². The second-order valence-corrected chi connectivity index (χ2v) is 6.48. The van der Waals surface area contributed by atoms with Crippen LogP contribution in [0.25, 0.3) is 0 Å². The van der Waals surface area contributed by atoms with Crippen molar-refractivity contribution < 1.29 is 9.47 Å². The Morgan fingerprint density at radius 2 is 2.00 bits per heavy atom. The lowest BCUT2D eigenvalue weighted by Crippen LogP contribution is -2.28. The lowest BCUT2D eigenvalue weighted by Gasteiger charge is -2.15. The van der Waals surface area contributed by atoms with Crippen LogP contribution in [0.15, 0.2) is 23.1 Å². The van der Waals surface area contributed by atoms with Crippen LogP contribution in [0.3, 0.4) is 0 Å². The molecule has 118 valence electrons. The van der Waals surface area contributed by atoms with Crippen LogP contribution in [0.5, 0.6) is 11.5 Å². The number of fused-ring (bicyclic) bond motifs is 1. The molecule has 0 bridgehead atoms. The third-order valence-electron chi connectivity index (χ3n) is 3.67. The molecule has 0 fully saturated rings. The lowest BCUT2D eigenvalue weighted by atomic mass is 10.1. The second kappa shape index (κ2) is 9.21. The van der Waals surface area contributed by atoms with E-state index >= 15 is 0 Å². The van der Waals surface area contributed by atoms with Gasteiger partial charge in [0.15, 0.2) is 11.5 Å². The molecule has 1 aliphatic heterocycles. The summed E-state index contributed by atoms with van der Waals surface area (Å²) in [5.74, 6) is 2.94. The summed E-state index contributed by atoms with van der Waals surface area (Å²) < 4.78 is 11.4. The van der Waals surface area contributed by atoms with Gasteiger partial charge in [-0.3, -0.25) is 0 Å². The summed E-state index contributed by atoms with van der Waals surface area (Å²) in [6.07, 6.45) is 4.66. The molecule has 3 nitrogen and oxygen atoms in total. The van der Waals surface area contributed by atoms with Gasteiger partial charge in [-0.25, -0.2) is 0 Å². The maximum atomic E-state index is 5.73. The minimum absolute atomic E-state index is 0.666. The summed E-state index contributed by atoms with van der Waals surface area (Å²) in [6, 6.07) is 6.96. The fraction of sp³-hybridized carbons (Fsp3) is 0.647. The van der Waals surface area contributed by atoms with Gasteiger partial charge in [0.2, 0.25) is 0 Å². The van der Waals surface area contributed by atoms with Gasteiger partial charge in [0, 0.05) is 17.4 Å². The molecule has 1 heterocycles. The van der Waals surface area contributed by atoms with Crippen LogP contribution in [-0.4, -0.2) is 31.6 Å². The van der Waals surface area contributed by atoms with Crippen molar-refractivity contribution in [3.05, 3.63) is 18.2 Å². The predicted octanol–water partition coefficient (Wildman–Crippen LogP) is 4.11. The predicted molar refractivity (Wildman–Crippen MR) is 89.8 cm³/mol. The first-order valence-corrected chi connectivity index (χ1v) is 9.07. The fourth-order valence-corrected chi connectivity index (χ4v) is 3.39. The Hall–Kier alpha value is -0.870. The number of thioether (sulfide) groups is 1. The van der Waals surface area contributed by atoms with E-state index < -0.39 is 0 Å². The number of hydrogen-bond acceptors (Lipinski definition) is 4. The molecule has 0 amide bonds. The van der Waals surface area contributed by atoms with E-state index in [1.54, 1.807) is 0 Å². The Bertz CT molecular complexity index is 425. The van der Waals surface area contributed by atoms with Gasteiger partial charge in [-0.2, -0.15) is 0 Å². The Morgan fingerprint density at radius 1 is 1.19 bits per heavy atom. The lowest BCUT2D eigenvalue weighted by molar-refractivity contribution is 0.297. The molecule has 21 heavy (non-hydrogen) atoms. The SMILES string of the molecule is CCNC(CC)CCCSc1ccc2c(c1)OCCCO2. The number of nitrogens with one attached hydrogen (secondary N) is 1. The molecule has 0 saturated carbocycles. The molecule has 1 N–H and O–H groups in total. The third kappa shape index (κ3) is 5.44. The van der Waals surface area contributed by atoms with E-state index in [4.69, 9.17) is 9.47 Å². The first-order chi connectivity index (χ1) is 10.3. The van der Waals surface area contributed by atoms with E-state index in [0.29, 0.717) is 6.04 Å². The summed E-state index contributed by atoms with van der Waals surface area (Å²) in [4.78, 5) is 1.27. The van der Waals surface area contributed by atoms with E-state index in [1.807, 2.05) is 17.8 Å². The summed E-state index contributed by atoms with van der Waals surface area (Å²) >= 11 is 1.91. The van der Waals surface area contributed by atoms with Gasteiger partial charge < -0.3 is 14.8 Å². The van der Waals surface area contributed by atoms with E-state index in [1.165, 1.54) is 24.2 Å². The van der Waals surface area contributed by atoms with Gasteiger partial charge in [-0.05, 0) is 49.8 Å². The van der Waals surface area contributed by atoms with Gasteiger partial charge in [0.1, 0.15) is 0 Å². The zero-order valence-corrected chi connectivity index (χ0v) is 14.0. The highest BCUT2D eigenvalue weighted by atomic mass is 32.2. The van der Waals surface area contributed by atoms with Crippen molar-refractivity contribution >= 4 is 11.8 Å². The molecule has 1 aromatic rings. The van der Waals surface area contributed by atoms with Gasteiger partial charge in [0.05, 0.1) is 13.2 Å². The molecule has 1 atom stereocenters. The quantitative estimate of drug-likeness (QED) is 0.578. The number of ether oxygens (including phenoxy) is 2. The van der Waals surface area contributed by atoms with Crippen LogP contribution in [0.4, 0.5) is 0 Å². The molecule has 4 heteroatoms. The van der Waals surface area contributed by atoms with Crippen LogP contribution in [0.1, 0.15) is 39.5 Å². The third-order valence-corrected chi connectivity index (χ3v) is 4.75. The van der Waals surface area contributed by atoms with Crippen molar-refractivity contribution in [2.75, 3.05) is 25.5 Å². The highest BCUT2D eigenvalue weighted by molar-refractivity contribution is 7.99. The number of rotatable bonds is 8. The molecule has 0 saturated heterocycles. The van der Waals surface area contributed by atoms with E-state index in [9.17, 15) is 0 Å². The Balaban J connectivity index is 1.77. The summed E-state index contributed by atoms with van der Waals surface area (Å²) in [5, 5.41) is 3.53. The summed E-state index contributed by atoms with van der Waals surface area (Å²) in [5.41, 5.74) is 0. The van der Waals surface area contributed by atoms with Crippen LogP contribution < -0.4 is 14.8 Å². The van der Waals surface area contributed by atoms with Gasteiger partial charge in [-0.1, -0.05) is 13.8 Å².